The van der Waals surface area contributed by atoms with Crippen LogP contribution in [0.1, 0.15) is 32.4 Å². The minimum atomic E-state index is 0.675. The smallest absolute Gasteiger partial charge is 0.0950 e. The van der Waals surface area contributed by atoms with Gasteiger partial charge in [0.05, 0.1) is 12.0 Å². The van der Waals surface area contributed by atoms with Crippen molar-refractivity contribution in [3.8, 4) is 0 Å². The van der Waals surface area contributed by atoms with E-state index in [1.807, 2.05) is 6.33 Å². The zero-order valence-electron chi connectivity index (χ0n) is 11.0. The summed E-state index contributed by atoms with van der Waals surface area (Å²) in [6, 6.07) is 0.731. The Kier molecular flexibility index (Phi) is 4.18. The van der Waals surface area contributed by atoms with Gasteiger partial charge in [0, 0.05) is 31.9 Å². The second-order valence-electron chi connectivity index (χ2n) is 5.32. The molecule has 2 N–H and O–H groups in total. The van der Waals surface area contributed by atoms with Gasteiger partial charge in [-0.15, -0.1) is 0 Å². The van der Waals surface area contributed by atoms with Crippen LogP contribution in [0.15, 0.2) is 12.5 Å². The summed E-state index contributed by atoms with van der Waals surface area (Å²) in [5.41, 5.74) is 6.71. The van der Waals surface area contributed by atoms with Crippen LogP contribution in [0.5, 0.6) is 0 Å². The van der Waals surface area contributed by atoms with Crippen molar-refractivity contribution >= 4 is 0 Å². The van der Waals surface area contributed by atoms with E-state index in [9.17, 15) is 0 Å². The minimum Gasteiger partial charge on any atom is -0.336 e. The second-order valence-corrected chi connectivity index (χ2v) is 5.32. The number of rotatable bonds is 5. The van der Waals surface area contributed by atoms with Crippen LogP contribution >= 0.6 is 0 Å². The van der Waals surface area contributed by atoms with Gasteiger partial charge in [0.15, 0.2) is 0 Å². The van der Waals surface area contributed by atoms with Crippen LogP contribution in [0.2, 0.25) is 0 Å². The quantitative estimate of drug-likeness (QED) is 0.842. The lowest BCUT2D eigenvalue weighted by Gasteiger charge is -2.26. The first kappa shape index (κ1) is 12.6. The molecule has 2 rings (SSSR count). The Hall–Kier alpha value is -0.870. The summed E-state index contributed by atoms with van der Waals surface area (Å²) in [6.07, 6.45) is 6.68. The first-order valence-corrected chi connectivity index (χ1v) is 6.65. The van der Waals surface area contributed by atoms with Crippen LogP contribution in [0.3, 0.4) is 0 Å². The van der Waals surface area contributed by atoms with Gasteiger partial charge in [0.1, 0.15) is 0 Å². The molecule has 17 heavy (non-hydrogen) atoms. The largest absolute Gasteiger partial charge is 0.336 e. The first-order valence-electron chi connectivity index (χ1n) is 6.65. The Morgan fingerprint density at radius 3 is 3.06 bits per heavy atom. The third-order valence-corrected chi connectivity index (χ3v) is 3.62. The number of likely N-dealkylation sites (tertiary alicyclic amines) is 1. The molecule has 4 nitrogen and oxygen atoms in total. The van der Waals surface area contributed by atoms with E-state index in [4.69, 9.17) is 5.73 Å². The molecule has 96 valence electrons. The van der Waals surface area contributed by atoms with Gasteiger partial charge in [-0.05, 0) is 25.3 Å². The molecule has 1 aliphatic rings. The molecule has 1 fully saturated rings. The fourth-order valence-electron chi connectivity index (χ4n) is 2.77. The molecule has 0 radical (unpaired) electrons. The van der Waals surface area contributed by atoms with Gasteiger partial charge in [-0.3, -0.25) is 4.90 Å². The van der Waals surface area contributed by atoms with Gasteiger partial charge in [-0.25, -0.2) is 4.98 Å². The van der Waals surface area contributed by atoms with Crippen molar-refractivity contribution in [2.75, 3.05) is 13.1 Å². The molecular weight excluding hydrogens is 212 g/mol. The molecular formula is C13H24N4. The van der Waals surface area contributed by atoms with Gasteiger partial charge >= 0.3 is 0 Å². The van der Waals surface area contributed by atoms with Gasteiger partial charge < -0.3 is 10.3 Å². The molecule has 0 saturated carbocycles. The van der Waals surface area contributed by atoms with Gasteiger partial charge in [0.2, 0.25) is 0 Å². The van der Waals surface area contributed by atoms with Crippen LogP contribution < -0.4 is 5.73 Å². The van der Waals surface area contributed by atoms with E-state index in [0.29, 0.717) is 6.54 Å². The molecule has 0 aromatic carbocycles. The van der Waals surface area contributed by atoms with Crippen molar-refractivity contribution in [1.82, 2.24) is 14.5 Å². The predicted octanol–water partition coefficient (Wildman–Crippen LogP) is 1.46. The van der Waals surface area contributed by atoms with Crippen LogP contribution in [0, 0.1) is 5.92 Å². The summed E-state index contributed by atoms with van der Waals surface area (Å²) >= 11 is 0. The fourth-order valence-corrected chi connectivity index (χ4v) is 2.77. The highest BCUT2D eigenvalue weighted by molar-refractivity contribution is 4.98. The van der Waals surface area contributed by atoms with E-state index in [1.165, 1.54) is 25.1 Å². The van der Waals surface area contributed by atoms with Crippen molar-refractivity contribution < 1.29 is 0 Å². The summed E-state index contributed by atoms with van der Waals surface area (Å²) < 4.78 is 2.08. The summed E-state index contributed by atoms with van der Waals surface area (Å²) in [5, 5.41) is 0. The van der Waals surface area contributed by atoms with E-state index in [2.05, 4.69) is 34.5 Å². The van der Waals surface area contributed by atoms with Crippen LogP contribution in [-0.4, -0.2) is 33.6 Å². The van der Waals surface area contributed by atoms with E-state index in [1.54, 1.807) is 0 Å². The van der Waals surface area contributed by atoms with E-state index in [-0.39, 0.29) is 0 Å². The SMILES string of the molecule is CC(C)C1CCCN1Cc1cn(CCN)cn1. The second kappa shape index (κ2) is 5.65. The normalized spacial score (nSPS) is 21.5. The monoisotopic (exact) mass is 236 g/mol. The third-order valence-electron chi connectivity index (χ3n) is 3.62. The molecule has 0 amide bonds. The molecule has 0 spiro atoms. The maximum Gasteiger partial charge on any atom is 0.0950 e. The highest BCUT2D eigenvalue weighted by Crippen LogP contribution is 2.25. The average Bonchev–Trinajstić information content (AvgIpc) is 2.89. The van der Waals surface area contributed by atoms with Crippen molar-refractivity contribution in [1.29, 1.82) is 0 Å². The van der Waals surface area contributed by atoms with Crippen molar-refractivity contribution in [3.05, 3.63) is 18.2 Å². The van der Waals surface area contributed by atoms with Crippen LogP contribution in [0.4, 0.5) is 0 Å². The number of hydrogen-bond donors (Lipinski definition) is 1. The highest BCUT2D eigenvalue weighted by Gasteiger charge is 2.27. The summed E-state index contributed by atoms with van der Waals surface area (Å²) in [7, 11) is 0. The topological polar surface area (TPSA) is 47.1 Å². The van der Waals surface area contributed by atoms with E-state index < -0.39 is 0 Å². The third kappa shape index (κ3) is 3.07. The van der Waals surface area contributed by atoms with Crippen molar-refractivity contribution in [2.24, 2.45) is 11.7 Å². The molecule has 1 unspecified atom stereocenters. The Morgan fingerprint density at radius 1 is 1.53 bits per heavy atom. The Balaban J connectivity index is 1.95. The molecule has 4 heteroatoms. The van der Waals surface area contributed by atoms with Crippen molar-refractivity contribution in [3.63, 3.8) is 0 Å². The molecule has 2 heterocycles. The standard InChI is InChI=1S/C13H24N4/c1-11(2)13-4-3-6-17(13)9-12-8-16(7-5-14)10-15-12/h8,10-11,13H,3-7,9,14H2,1-2H3. The lowest BCUT2D eigenvalue weighted by Crippen LogP contribution is -2.32. The van der Waals surface area contributed by atoms with Gasteiger partial charge in [-0.2, -0.15) is 0 Å². The van der Waals surface area contributed by atoms with Gasteiger partial charge in [-0.1, -0.05) is 13.8 Å². The maximum atomic E-state index is 5.54. The average molecular weight is 236 g/mol. The van der Waals surface area contributed by atoms with E-state index >= 15 is 0 Å². The number of imidazole rings is 1. The lowest BCUT2D eigenvalue weighted by molar-refractivity contribution is 0.197. The molecule has 1 aromatic rings. The molecule has 1 aliphatic heterocycles. The zero-order chi connectivity index (χ0) is 12.3. The Labute approximate surface area is 104 Å². The maximum absolute atomic E-state index is 5.54. The molecule has 1 atom stereocenters. The molecule has 0 bridgehead atoms. The van der Waals surface area contributed by atoms with E-state index in [0.717, 1.165) is 25.0 Å². The van der Waals surface area contributed by atoms with Crippen molar-refractivity contribution in [2.45, 2.75) is 45.8 Å². The molecule has 1 saturated heterocycles. The van der Waals surface area contributed by atoms with Crippen LogP contribution in [-0.2, 0) is 13.1 Å². The molecule has 1 aromatic heterocycles. The predicted molar refractivity (Wildman–Crippen MR) is 69.6 cm³/mol. The lowest BCUT2D eigenvalue weighted by atomic mass is 10.0. The highest BCUT2D eigenvalue weighted by atomic mass is 15.2. The minimum absolute atomic E-state index is 0.675. The zero-order valence-corrected chi connectivity index (χ0v) is 11.0. The summed E-state index contributed by atoms with van der Waals surface area (Å²) in [5.74, 6) is 0.739. The summed E-state index contributed by atoms with van der Waals surface area (Å²) in [4.78, 5) is 7.03. The number of nitrogens with two attached hydrogens (primary N) is 1. The van der Waals surface area contributed by atoms with Crippen LogP contribution in [0.25, 0.3) is 0 Å². The summed E-state index contributed by atoms with van der Waals surface area (Å²) in [6.45, 7) is 8.37. The first-order chi connectivity index (χ1) is 8.20. The number of aromatic nitrogens is 2. The molecule has 0 aliphatic carbocycles. The number of nitrogens with zero attached hydrogens (tertiary/aromatic N) is 3. The Bertz CT molecular complexity index is 345. The number of hydrogen-bond acceptors (Lipinski definition) is 3. The Morgan fingerprint density at radius 2 is 2.35 bits per heavy atom. The van der Waals surface area contributed by atoms with Gasteiger partial charge in [0.25, 0.3) is 0 Å². The fraction of sp³-hybridized carbons (Fsp3) is 0.769.